The molecule has 3 rings (SSSR count). The van der Waals surface area contributed by atoms with E-state index in [1.165, 1.54) is 0 Å². The number of piperidine rings is 1. The lowest BCUT2D eigenvalue weighted by Crippen LogP contribution is -2.38. The molecule has 2 aromatic rings. The zero-order valence-electron chi connectivity index (χ0n) is 12.6. The van der Waals surface area contributed by atoms with Crippen molar-refractivity contribution in [1.29, 1.82) is 0 Å². The Morgan fingerprint density at radius 2 is 2.10 bits per heavy atom. The van der Waals surface area contributed by atoms with Gasteiger partial charge in [0.2, 0.25) is 0 Å². The summed E-state index contributed by atoms with van der Waals surface area (Å²) in [6.45, 7) is 5.48. The Bertz CT molecular complexity index is 609. The fourth-order valence-electron chi connectivity index (χ4n) is 2.66. The first-order chi connectivity index (χ1) is 10.3. The molecule has 1 saturated heterocycles. The molecule has 0 N–H and O–H groups in total. The second-order valence-electron chi connectivity index (χ2n) is 5.33. The summed E-state index contributed by atoms with van der Waals surface area (Å²) in [6, 6.07) is 6.24. The van der Waals surface area contributed by atoms with Crippen molar-refractivity contribution in [1.82, 2.24) is 14.9 Å². The highest BCUT2D eigenvalue weighted by atomic mass is 16.5. The summed E-state index contributed by atoms with van der Waals surface area (Å²) >= 11 is 0. The Labute approximate surface area is 124 Å². The third kappa shape index (κ3) is 3.24. The lowest BCUT2D eigenvalue weighted by molar-refractivity contribution is 0.0959. The Morgan fingerprint density at radius 3 is 2.81 bits per heavy atom. The highest BCUT2D eigenvalue weighted by Gasteiger charge is 2.20. The highest BCUT2D eigenvalue weighted by Crippen LogP contribution is 2.21. The number of methoxy groups -OCH3 is 1. The standard InChI is InChI=1S/C16H21N3O2/c1-3-19-8-6-13(7-9-19)21-16-17-11-12-4-5-14(20-2)10-15(12)18-16/h4-5,10-11,13H,3,6-9H2,1-2H3. The van der Waals surface area contributed by atoms with Crippen molar-refractivity contribution in [2.24, 2.45) is 0 Å². The van der Waals surface area contributed by atoms with Crippen LogP contribution in [0.5, 0.6) is 11.8 Å². The highest BCUT2D eigenvalue weighted by molar-refractivity contribution is 5.79. The van der Waals surface area contributed by atoms with Gasteiger partial charge in [-0.2, -0.15) is 4.98 Å². The quantitative estimate of drug-likeness (QED) is 0.864. The molecule has 0 bridgehead atoms. The molecule has 1 aliphatic rings. The van der Waals surface area contributed by atoms with E-state index in [0.717, 1.165) is 49.1 Å². The Hall–Kier alpha value is -1.88. The largest absolute Gasteiger partial charge is 0.497 e. The Morgan fingerprint density at radius 1 is 1.29 bits per heavy atom. The Balaban J connectivity index is 1.72. The monoisotopic (exact) mass is 287 g/mol. The first-order valence-electron chi connectivity index (χ1n) is 7.48. The summed E-state index contributed by atoms with van der Waals surface area (Å²) in [4.78, 5) is 11.2. The molecule has 5 nitrogen and oxygen atoms in total. The number of rotatable bonds is 4. The molecule has 0 radical (unpaired) electrons. The third-order valence-corrected chi connectivity index (χ3v) is 4.02. The van der Waals surface area contributed by atoms with E-state index in [0.29, 0.717) is 6.01 Å². The topological polar surface area (TPSA) is 47.5 Å². The van der Waals surface area contributed by atoms with E-state index in [2.05, 4.69) is 21.8 Å². The number of nitrogens with zero attached hydrogens (tertiary/aromatic N) is 3. The molecule has 21 heavy (non-hydrogen) atoms. The van der Waals surface area contributed by atoms with Gasteiger partial charge in [0, 0.05) is 30.7 Å². The average Bonchev–Trinajstić information content (AvgIpc) is 2.55. The maximum atomic E-state index is 5.94. The van der Waals surface area contributed by atoms with Gasteiger partial charge in [0.1, 0.15) is 11.9 Å². The van der Waals surface area contributed by atoms with E-state index in [-0.39, 0.29) is 6.10 Å². The van der Waals surface area contributed by atoms with Gasteiger partial charge in [0.15, 0.2) is 0 Å². The maximum absolute atomic E-state index is 5.94. The first-order valence-corrected chi connectivity index (χ1v) is 7.48. The van der Waals surface area contributed by atoms with Gasteiger partial charge >= 0.3 is 6.01 Å². The van der Waals surface area contributed by atoms with Crippen molar-refractivity contribution in [3.63, 3.8) is 0 Å². The van der Waals surface area contributed by atoms with E-state index >= 15 is 0 Å². The molecule has 1 fully saturated rings. The van der Waals surface area contributed by atoms with E-state index in [4.69, 9.17) is 9.47 Å². The van der Waals surface area contributed by atoms with Crippen LogP contribution in [0.1, 0.15) is 19.8 Å². The number of benzene rings is 1. The van der Waals surface area contributed by atoms with E-state index in [1.54, 1.807) is 13.3 Å². The first kappa shape index (κ1) is 14.1. The smallest absolute Gasteiger partial charge is 0.317 e. The molecule has 0 spiro atoms. The fraction of sp³-hybridized carbons (Fsp3) is 0.500. The molecule has 1 aliphatic heterocycles. The molecular weight excluding hydrogens is 266 g/mol. The summed E-state index contributed by atoms with van der Waals surface area (Å²) < 4.78 is 11.2. The van der Waals surface area contributed by atoms with Crippen LogP contribution in [0.15, 0.2) is 24.4 Å². The zero-order chi connectivity index (χ0) is 14.7. The molecule has 5 heteroatoms. The minimum Gasteiger partial charge on any atom is -0.497 e. The lowest BCUT2D eigenvalue weighted by atomic mass is 10.1. The molecule has 1 aromatic heterocycles. The van der Waals surface area contributed by atoms with Gasteiger partial charge in [-0.1, -0.05) is 6.92 Å². The predicted molar refractivity (Wildman–Crippen MR) is 81.9 cm³/mol. The molecule has 0 amide bonds. The molecule has 0 aliphatic carbocycles. The van der Waals surface area contributed by atoms with Crippen molar-refractivity contribution in [2.45, 2.75) is 25.9 Å². The normalized spacial score (nSPS) is 17.0. The average molecular weight is 287 g/mol. The summed E-state index contributed by atoms with van der Waals surface area (Å²) in [5.41, 5.74) is 0.852. The molecule has 0 atom stereocenters. The van der Waals surface area contributed by atoms with Crippen LogP contribution in [-0.2, 0) is 0 Å². The summed E-state index contributed by atoms with van der Waals surface area (Å²) in [6.07, 6.45) is 4.09. The van der Waals surface area contributed by atoms with Gasteiger partial charge < -0.3 is 14.4 Å². The van der Waals surface area contributed by atoms with E-state index in [1.807, 2.05) is 18.2 Å². The minimum absolute atomic E-state index is 0.218. The molecule has 1 aromatic carbocycles. The minimum atomic E-state index is 0.218. The lowest BCUT2D eigenvalue weighted by Gasteiger charge is -2.30. The van der Waals surface area contributed by atoms with Gasteiger partial charge in [-0.25, -0.2) is 4.98 Å². The van der Waals surface area contributed by atoms with Gasteiger partial charge in [0.25, 0.3) is 0 Å². The molecule has 0 saturated carbocycles. The number of ether oxygens (including phenoxy) is 2. The van der Waals surface area contributed by atoms with Crippen LogP contribution in [-0.4, -0.2) is 47.7 Å². The number of likely N-dealkylation sites (tertiary alicyclic amines) is 1. The third-order valence-electron chi connectivity index (χ3n) is 4.02. The van der Waals surface area contributed by atoms with E-state index in [9.17, 15) is 0 Å². The number of hydrogen-bond acceptors (Lipinski definition) is 5. The van der Waals surface area contributed by atoms with Gasteiger partial charge in [-0.15, -0.1) is 0 Å². The molecular formula is C16H21N3O2. The summed E-state index contributed by atoms with van der Waals surface area (Å²) in [7, 11) is 1.65. The Kier molecular flexibility index (Phi) is 4.20. The molecule has 0 unspecified atom stereocenters. The number of aromatic nitrogens is 2. The SMILES string of the molecule is CCN1CCC(Oc2ncc3ccc(OC)cc3n2)CC1. The van der Waals surface area contributed by atoms with Crippen LogP contribution in [0.2, 0.25) is 0 Å². The predicted octanol–water partition coefficient (Wildman–Crippen LogP) is 2.50. The van der Waals surface area contributed by atoms with Crippen molar-refractivity contribution < 1.29 is 9.47 Å². The summed E-state index contributed by atoms with van der Waals surface area (Å²) in [5.74, 6) is 0.795. The maximum Gasteiger partial charge on any atom is 0.317 e. The number of hydrogen-bond donors (Lipinski definition) is 0. The number of fused-ring (bicyclic) bond motifs is 1. The van der Waals surface area contributed by atoms with Gasteiger partial charge in [-0.05, 0) is 31.5 Å². The second kappa shape index (κ2) is 6.26. The van der Waals surface area contributed by atoms with Crippen LogP contribution in [0.3, 0.4) is 0 Å². The van der Waals surface area contributed by atoms with Crippen LogP contribution in [0.25, 0.3) is 10.9 Å². The second-order valence-corrected chi connectivity index (χ2v) is 5.33. The van der Waals surface area contributed by atoms with Crippen molar-refractivity contribution in [2.75, 3.05) is 26.7 Å². The van der Waals surface area contributed by atoms with Crippen LogP contribution >= 0.6 is 0 Å². The van der Waals surface area contributed by atoms with Crippen LogP contribution in [0, 0.1) is 0 Å². The van der Waals surface area contributed by atoms with Crippen molar-refractivity contribution in [3.05, 3.63) is 24.4 Å². The van der Waals surface area contributed by atoms with Crippen molar-refractivity contribution >= 4 is 10.9 Å². The molecule has 112 valence electrons. The van der Waals surface area contributed by atoms with Gasteiger partial charge in [0.05, 0.1) is 12.6 Å². The van der Waals surface area contributed by atoms with Crippen molar-refractivity contribution in [3.8, 4) is 11.8 Å². The summed E-state index contributed by atoms with van der Waals surface area (Å²) in [5, 5.41) is 0.990. The van der Waals surface area contributed by atoms with Crippen LogP contribution < -0.4 is 9.47 Å². The van der Waals surface area contributed by atoms with Gasteiger partial charge in [-0.3, -0.25) is 0 Å². The fourth-order valence-corrected chi connectivity index (χ4v) is 2.66. The zero-order valence-corrected chi connectivity index (χ0v) is 12.6. The van der Waals surface area contributed by atoms with Crippen LogP contribution in [0.4, 0.5) is 0 Å². The van der Waals surface area contributed by atoms with E-state index < -0.39 is 0 Å². The molecule has 2 heterocycles.